The van der Waals surface area contributed by atoms with Crippen LogP contribution in [-0.4, -0.2) is 85.4 Å². The second-order valence-corrected chi connectivity index (χ2v) is 11.7. The van der Waals surface area contributed by atoms with Crippen LogP contribution in [0.25, 0.3) is 11.4 Å². The Morgan fingerprint density at radius 3 is 2.55 bits per heavy atom. The van der Waals surface area contributed by atoms with Crippen LogP contribution in [0.2, 0.25) is 5.02 Å². The average molecular weight is 705 g/mol. The van der Waals surface area contributed by atoms with Crippen molar-refractivity contribution < 1.29 is 37.0 Å². The number of fused-ring (bicyclic) bond motifs is 1. The van der Waals surface area contributed by atoms with Crippen LogP contribution in [0, 0.1) is 5.95 Å². The number of nitrogens with one attached hydrogen (secondary N) is 1. The molecule has 0 radical (unpaired) electrons. The molecule has 2 aliphatic rings. The van der Waals surface area contributed by atoms with E-state index >= 15 is 0 Å². The fraction of sp³-hybridized carbons (Fsp3) is 0.355. The summed E-state index contributed by atoms with van der Waals surface area (Å²) in [6, 6.07) is 3.80. The van der Waals surface area contributed by atoms with Gasteiger partial charge in [-0.3, -0.25) is 14.4 Å². The number of hydrogen-bond acceptors (Lipinski definition) is 9. The van der Waals surface area contributed by atoms with Gasteiger partial charge in [-0.25, -0.2) is 4.98 Å². The lowest BCUT2D eigenvalue weighted by Crippen LogP contribution is -2.51. The molecule has 0 aliphatic carbocycles. The first-order valence-corrected chi connectivity index (χ1v) is 15.6. The zero-order valence-corrected chi connectivity index (χ0v) is 26.7. The number of anilines is 2. The van der Waals surface area contributed by atoms with Crippen molar-refractivity contribution in [1.82, 2.24) is 29.0 Å². The van der Waals surface area contributed by atoms with Crippen molar-refractivity contribution in [2.75, 3.05) is 49.6 Å². The zero-order chi connectivity index (χ0) is 35.0. The Labute approximate surface area is 280 Å². The minimum atomic E-state index is -4.62. The lowest BCUT2D eigenvalue weighted by atomic mass is 10.1. The van der Waals surface area contributed by atoms with E-state index in [2.05, 4.69) is 20.4 Å². The summed E-state index contributed by atoms with van der Waals surface area (Å²) < 4.78 is 61.3. The fourth-order valence-electron chi connectivity index (χ4n) is 5.83. The van der Waals surface area contributed by atoms with E-state index < -0.39 is 47.4 Å². The van der Waals surface area contributed by atoms with Crippen molar-refractivity contribution in [2.24, 2.45) is 0 Å². The highest BCUT2D eigenvalue weighted by atomic mass is 35.5. The maximum Gasteiger partial charge on any atom is 0.416 e. The molecule has 13 nitrogen and oxygen atoms in total. The van der Waals surface area contributed by atoms with Crippen LogP contribution in [0.3, 0.4) is 0 Å². The molecule has 0 spiro atoms. The van der Waals surface area contributed by atoms with Crippen LogP contribution < -0.4 is 15.8 Å². The predicted molar refractivity (Wildman–Crippen MR) is 169 cm³/mol. The van der Waals surface area contributed by atoms with Gasteiger partial charge in [-0.15, -0.1) is 5.10 Å². The summed E-state index contributed by atoms with van der Waals surface area (Å²) >= 11 is 6.09. The number of aromatic hydroxyl groups is 1. The van der Waals surface area contributed by atoms with Gasteiger partial charge in [-0.1, -0.05) is 24.6 Å². The Balaban J connectivity index is 1.35. The Bertz CT molecular complexity index is 2040. The monoisotopic (exact) mass is 704 g/mol. The summed E-state index contributed by atoms with van der Waals surface area (Å²) in [6.07, 6.45) is -0.982. The molecule has 6 rings (SSSR count). The fourth-order valence-corrected chi connectivity index (χ4v) is 6.05. The van der Waals surface area contributed by atoms with Gasteiger partial charge in [0.05, 0.1) is 40.7 Å². The topological polar surface area (TPSA) is 147 Å². The summed E-state index contributed by atoms with van der Waals surface area (Å²) in [4.78, 5) is 51.8. The van der Waals surface area contributed by atoms with Crippen molar-refractivity contribution in [3.63, 3.8) is 0 Å². The smallest absolute Gasteiger partial charge is 0.416 e. The first-order chi connectivity index (χ1) is 23.4. The molecule has 1 saturated heterocycles. The maximum absolute atomic E-state index is 14.1. The molecular weight excluding hydrogens is 676 g/mol. The molecule has 5 heterocycles. The number of carbonyl (C=O) groups excluding carboxylic acids is 2. The third-order valence-corrected chi connectivity index (χ3v) is 8.59. The number of ether oxygens (including phenoxy) is 1. The Hall–Kier alpha value is -5.03. The van der Waals surface area contributed by atoms with Gasteiger partial charge < -0.3 is 29.5 Å². The molecule has 0 unspecified atom stereocenters. The Morgan fingerprint density at radius 1 is 1.14 bits per heavy atom. The molecule has 2 aliphatic heterocycles. The summed E-state index contributed by atoms with van der Waals surface area (Å²) in [5.41, 5.74) is -0.349. The normalized spacial score (nSPS) is 15.4. The number of benzene rings is 1. The van der Waals surface area contributed by atoms with E-state index in [1.165, 1.54) is 15.5 Å². The van der Waals surface area contributed by atoms with E-state index in [0.29, 0.717) is 31.4 Å². The van der Waals surface area contributed by atoms with E-state index in [4.69, 9.17) is 16.3 Å². The van der Waals surface area contributed by atoms with Crippen LogP contribution in [-0.2, 0) is 28.7 Å². The molecule has 18 heteroatoms. The van der Waals surface area contributed by atoms with Crippen LogP contribution >= 0.6 is 11.6 Å². The molecule has 2 N–H and O–H groups in total. The van der Waals surface area contributed by atoms with E-state index in [-0.39, 0.29) is 66.2 Å². The maximum atomic E-state index is 14.1. The van der Waals surface area contributed by atoms with Gasteiger partial charge in [-0.2, -0.15) is 27.1 Å². The third kappa shape index (κ3) is 6.67. The molecule has 3 aromatic heterocycles. The summed E-state index contributed by atoms with van der Waals surface area (Å²) in [5, 5.41) is 16.8. The predicted octanol–water partition coefficient (Wildman–Crippen LogP) is 3.77. The minimum absolute atomic E-state index is 0.0366. The number of rotatable bonds is 7. The van der Waals surface area contributed by atoms with Gasteiger partial charge in [0.15, 0.2) is 11.6 Å². The standard InChI is InChI=1S/C31H29ClF4N8O5/c1-2-22-24(41-9-11-42(12-10-41)28(47)19-5-8-37-26(33)25(19)46)29(48)44-30(39-27(40-44)17-6-13-49-14-7-17)43(22)16-23(45)38-21-4-3-18(15-20(21)32)31(34,35)36/h3-6,8,15,46H,2,7,9-14,16H2,1H3,(H,38,45). The van der Waals surface area contributed by atoms with Crippen molar-refractivity contribution in [2.45, 2.75) is 32.5 Å². The van der Waals surface area contributed by atoms with Gasteiger partial charge in [-0.05, 0) is 42.7 Å². The molecule has 4 aromatic rings. The molecule has 1 aromatic carbocycles. The minimum Gasteiger partial charge on any atom is -0.503 e. The number of amides is 2. The highest BCUT2D eigenvalue weighted by Crippen LogP contribution is 2.34. The van der Waals surface area contributed by atoms with Crippen molar-refractivity contribution in [3.05, 3.63) is 80.5 Å². The third-order valence-electron chi connectivity index (χ3n) is 8.28. The number of alkyl halides is 3. The molecule has 2 amide bonds. The highest BCUT2D eigenvalue weighted by Gasteiger charge is 2.32. The number of aromatic nitrogens is 5. The quantitative estimate of drug-likeness (QED) is 0.217. The first kappa shape index (κ1) is 33.9. The van der Waals surface area contributed by atoms with E-state index in [9.17, 15) is 37.1 Å². The second kappa shape index (κ2) is 13.5. The highest BCUT2D eigenvalue weighted by molar-refractivity contribution is 6.33. The lowest BCUT2D eigenvalue weighted by Gasteiger charge is -2.36. The van der Waals surface area contributed by atoms with E-state index in [1.807, 2.05) is 0 Å². The van der Waals surface area contributed by atoms with Gasteiger partial charge >= 0.3 is 6.18 Å². The van der Waals surface area contributed by atoms with E-state index in [1.54, 1.807) is 17.9 Å². The Kier molecular flexibility index (Phi) is 9.30. The largest absolute Gasteiger partial charge is 0.503 e. The van der Waals surface area contributed by atoms with Gasteiger partial charge in [0.1, 0.15) is 12.2 Å². The lowest BCUT2D eigenvalue weighted by molar-refractivity contribution is -0.137. The molecule has 0 atom stereocenters. The molecule has 0 bridgehead atoms. The van der Waals surface area contributed by atoms with Crippen LogP contribution in [0.4, 0.5) is 28.9 Å². The number of piperazine rings is 1. The number of nitrogens with zero attached hydrogens (tertiary/aromatic N) is 7. The van der Waals surface area contributed by atoms with Crippen molar-refractivity contribution in [3.8, 4) is 5.75 Å². The number of pyridine rings is 1. The van der Waals surface area contributed by atoms with Crippen molar-refractivity contribution in [1.29, 1.82) is 0 Å². The molecule has 0 saturated carbocycles. The molecule has 1 fully saturated rings. The first-order valence-electron chi connectivity index (χ1n) is 15.2. The number of halogens is 5. The molecular formula is C31H29ClF4N8O5. The SMILES string of the molecule is CCc1c(N2CCN(C(=O)c3ccnc(F)c3O)CC2)c(=O)n2nc(C3=CCOCC3)nc2n1CC(=O)Nc1ccc(C(F)(F)F)cc1Cl. The molecule has 49 heavy (non-hydrogen) atoms. The zero-order valence-electron chi connectivity index (χ0n) is 25.9. The number of carbonyl (C=O) groups is 2. The summed E-state index contributed by atoms with van der Waals surface area (Å²) in [6.45, 7) is 2.73. The van der Waals surface area contributed by atoms with Crippen LogP contribution in [0.5, 0.6) is 5.75 Å². The van der Waals surface area contributed by atoms with Crippen LogP contribution in [0.15, 0.2) is 41.3 Å². The van der Waals surface area contributed by atoms with Gasteiger partial charge in [0, 0.05) is 32.4 Å². The second-order valence-electron chi connectivity index (χ2n) is 11.3. The molecule has 258 valence electrons. The van der Waals surface area contributed by atoms with Crippen LogP contribution in [0.1, 0.15) is 40.8 Å². The Morgan fingerprint density at radius 2 is 1.90 bits per heavy atom. The van der Waals surface area contributed by atoms with Gasteiger partial charge in [0.2, 0.25) is 11.7 Å². The number of hydrogen-bond donors (Lipinski definition) is 2. The van der Waals surface area contributed by atoms with Gasteiger partial charge in [0.25, 0.3) is 17.4 Å². The average Bonchev–Trinajstić information content (AvgIpc) is 3.54. The van der Waals surface area contributed by atoms with Crippen molar-refractivity contribution >= 4 is 46.1 Å². The summed E-state index contributed by atoms with van der Waals surface area (Å²) in [7, 11) is 0. The summed E-state index contributed by atoms with van der Waals surface area (Å²) in [5.74, 6) is -2.92. The van der Waals surface area contributed by atoms with E-state index in [0.717, 1.165) is 28.4 Å².